The number of hydrogen-bond acceptors (Lipinski definition) is 3. The summed E-state index contributed by atoms with van der Waals surface area (Å²) in [5.74, 6) is 0.831. The number of aryl methyl sites for hydroxylation is 1. The van der Waals surface area contributed by atoms with Crippen LogP contribution in [0, 0.1) is 0 Å². The molecule has 0 saturated carbocycles. The Morgan fingerprint density at radius 2 is 2.62 bits per heavy atom. The fourth-order valence-corrected chi connectivity index (χ4v) is 1.46. The molecule has 1 aliphatic heterocycles. The van der Waals surface area contributed by atoms with Crippen molar-refractivity contribution in [3.63, 3.8) is 0 Å². The molecule has 1 atom stereocenters. The highest BCUT2D eigenvalue weighted by Crippen LogP contribution is 2.15. The van der Waals surface area contributed by atoms with E-state index in [1.165, 1.54) is 0 Å². The SMILES string of the molecule is Cn1cc(OC2CCCOC2)cn1. The molecular weight excluding hydrogens is 168 g/mol. The Hall–Kier alpha value is -1.03. The van der Waals surface area contributed by atoms with Gasteiger partial charge >= 0.3 is 0 Å². The summed E-state index contributed by atoms with van der Waals surface area (Å²) in [4.78, 5) is 0. The summed E-state index contributed by atoms with van der Waals surface area (Å²) in [7, 11) is 1.88. The molecule has 4 heteroatoms. The van der Waals surface area contributed by atoms with Gasteiger partial charge in [-0.25, -0.2) is 0 Å². The van der Waals surface area contributed by atoms with Gasteiger partial charge in [-0.1, -0.05) is 0 Å². The first kappa shape index (κ1) is 8.56. The first-order valence-electron chi connectivity index (χ1n) is 4.57. The molecule has 1 aromatic rings. The monoisotopic (exact) mass is 182 g/mol. The van der Waals surface area contributed by atoms with Gasteiger partial charge in [0.1, 0.15) is 6.10 Å². The van der Waals surface area contributed by atoms with Crippen LogP contribution in [0.4, 0.5) is 0 Å². The molecule has 0 spiro atoms. The van der Waals surface area contributed by atoms with Gasteiger partial charge in [-0.05, 0) is 12.8 Å². The minimum Gasteiger partial charge on any atom is -0.485 e. The zero-order valence-corrected chi connectivity index (χ0v) is 7.77. The zero-order valence-electron chi connectivity index (χ0n) is 7.77. The van der Waals surface area contributed by atoms with Gasteiger partial charge in [0.25, 0.3) is 0 Å². The summed E-state index contributed by atoms with van der Waals surface area (Å²) in [5.41, 5.74) is 0. The van der Waals surface area contributed by atoms with E-state index in [-0.39, 0.29) is 6.10 Å². The number of nitrogens with zero attached hydrogens (tertiary/aromatic N) is 2. The molecule has 72 valence electrons. The van der Waals surface area contributed by atoms with E-state index in [9.17, 15) is 0 Å². The maximum atomic E-state index is 5.67. The average molecular weight is 182 g/mol. The summed E-state index contributed by atoms with van der Waals surface area (Å²) < 4.78 is 12.7. The average Bonchev–Trinajstić information content (AvgIpc) is 2.53. The lowest BCUT2D eigenvalue weighted by molar-refractivity contribution is 0.00740. The summed E-state index contributed by atoms with van der Waals surface area (Å²) in [6, 6.07) is 0. The van der Waals surface area contributed by atoms with Crippen molar-refractivity contribution in [2.45, 2.75) is 18.9 Å². The molecule has 4 nitrogen and oxygen atoms in total. The van der Waals surface area contributed by atoms with Crippen LogP contribution in [-0.4, -0.2) is 29.1 Å². The van der Waals surface area contributed by atoms with E-state index in [4.69, 9.17) is 9.47 Å². The van der Waals surface area contributed by atoms with Gasteiger partial charge in [-0.2, -0.15) is 5.10 Å². The van der Waals surface area contributed by atoms with Crippen LogP contribution in [0.5, 0.6) is 5.75 Å². The van der Waals surface area contributed by atoms with Crippen LogP contribution < -0.4 is 4.74 Å². The van der Waals surface area contributed by atoms with E-state index in [1.54, 1.807) is 10.9 Å². The van der Waals surface area contributed by atoms with Crippen molar-refractivity contribution < 1.29 is 9.47 Å². The van der Waals surface area contributed by atoms with Gasteiger partial charge in [-0.3, -0.25) is 4.68 Å². The molecule has 0 N–H and O–H groups in total. The van der Waals surface area contributed by atoms with Crippen LogP contribution in [0.3, 0.4) is 0 Å². The quantitative estimate of drug-likeness (QED) is 0.684. The lowest BCUT2D eigenvalue weighted by atomic mass is 10.2. The van der Waals surface area contributed by atoms with E-state index in [1.807, 2.05) is 13.2 Å². The molecule has 2 rings (SSSR count). The van der Waals surface area contributed by atoms with E-state index in [0.717, 1.165) is 25.2 Å². The molecule has 0 aromatic carbocycles. The van der Waals surface area contributed by atoms with E-state index < -0.39 is 0 Å². The predicted molar refractivity (Wildman–Crippen MR) is 47.7 cm³/mol. The smallest absolute Gasteiger partial charge is 0.157 e. The van der Waals surface area contributed by atoms with Crippen LogP contribution in [-0.2, 0) is 11.8 Å². The molecule has 1 aromatic heterocycles. The van der Waals surface area contributed by atoms with Gasteiger partial charge < -0.3 is 9.47 Å². The lowest BCUT2D eigenvalue weighted by Gasteiger charge is -2.22. The standard InChI is InChI=1S/C9H14N2O2/c1-11-6-9(5-10-11)13-8-3-2-4-12-7-8/h5-6,8H,2-4,7H2,1H3. The van der Waals surface area contributed by atoms with E-state index in [2.05, 4.69) is 5.10 Å². The van der Waals surface area contributed by atoms with E-state index in [0.29, 0.717) is 6.61 Å². The largest absolute Gasteiger partial charge is 0.485 e. The molecule has 1 aliphatic rings. The Labute approximate surface area is 77.4 Å². The van der Waals surface area contributed by atoms with Gasteiger partial charge in [0.15, 0.2) is 5.75 Å². The van der Waals surface area contributed by atoms with Crippen LogP contribution in [0.1, 0.15) is 12.8 Å². The van der Waals surface area contributed by atoms with Gasteiger partial charge in [0.2, 0.25) is 0 Å². The highest BCUT2D eigenvalue weighted by atomic mass is 16.5. The molecule has 2 heterocycles. The van der Waals surface area contributed by atoms with Gasteiger partial charge in [0.05, 0.1) is 19.0 Å². The van der Waals surface area contributed by atoms with Crippen LogP contribution in [0.25, 0.3) is 0 Å². The van der Waals surface area contributed by atoms with Crippen LogP contribution in [0.15, 0.2) is 12.4 Å². The van der Waals surface area contributed by atoms with Crippen molar-refractivity contribution in [2.75, 3.05) is 13.2 Å². The second-order valence-corrected chi connectivity index (χ2v) is 3.31. The Morgan fingerprint density at radius 1 is 1.69 bits per heavy atom. The summed E-state index contributed by atoms with van der Waals surface area (Å²) >= 11 is 0. The molecule has 1 saturated heterocycles. The third-order valence-corrected chi connectivity index (χ3v) is 2.10. The number of hydrogen-bond donors (Lipinski definition) is 0. The number of ether oxygens (including phenoxy) is 2. The first-order chi connectivity index (χ1) is 6.34. The molecule has 13 heavy (non-hydrogen) atoms. The molecule has 0 aliphatic carbocycles. The Morgan fingerprint density at radius 3 is 3.23 bits per heavy atom. The van der Waals surface area contributed by atoms with Crippen LogP contribution in [0.2, 0.25) is 0 Å². The second-order valence-electron chi connectivity index (χ2n) is 3.31. The molecule has 0 radical (unpaired) electrons. The highest BCUT2D eigenvalue weighted by Gasteiger charge is 2.15. The van der Waals surface area contributed by atoms with Crippen molar-refractivity contribution in [3.05, 3.63) is 12.4 Å². The normalized spacial score (nSPS) is 23.0. The van der Waals surface area contributed by atoms with Crippen LogP contribution >= 0.6 is 0 Å². The number of rotatable bonds is 2. The highest BCUT2D eigenvalue weighted by molar-refractivity contribution is 5.11. The van der Waals surface area contributed by atoms with Crippen molar-refractivity contribution in [1.82, 2.24) is 9.78 Å². The number of aromatic nitrogens is 2. The third kappa shape index (κ3) is 2.21. The molecule has 0 bridgehead atoms. The fraction of sp³-hybridized carbons (Fsp3) is 0.667. The maximum Gasteiger partial charge on any atom is 0.157 e. The fourth-order valence-electron chi connectivity index (χ4n) is 1.46. The summed E-state index contributed by atoms with van der Waals surface area (Å²) in [6.07, 6.45) is 5.97. The Balaban J connectivity index is 1.89. The topological polar surface area (TPSA) is 36.3 Å². The zero-order chi connectivity index (χ0) is 9.10. The van der Waals surface area contributed by atoms with Crippen molar-refractivity contribution in [2.24, 2.45) is 7.05 Å². The Bertz CT molecular complexity index is 266. The summed E-state index contributed by atoms with van der Waals surface area (Å²) in [6.45, 7) is 1.57. The van der Waals surface area contributed by atoms with Crippen molar-refractivity contribution >= 4 is 0 Å². The minimum absolute atomic E-state index is 0.206. The molecular formula is C9H14N2O2. The molecule has 0 amide bonds. The van der Waals surface area contributed by atoms with E-state index >= 15 is 0 Å². The van der Waals surface area contributed by atoms with Gasteiger partial charge in [-0.15, -0.1) is 0 Å². The molecule has 1 fully saturated rings. The lowest BCUT2D eigenvalue weighted by Crippen LogP contribution is -2.27. The molecule has 1 unspecified atom stereocenters. The second kappa shape index (κ2) is 3.79. The maximum absolute atomic E-state index is 5.67. The first-order valence-corrected chi connectivity index (χ1v) is 4.57. The Kier molecular flexibility index (Phi) is 2.49. The predicted octanol–water partition coefficient (Wildman–Crippen LogP) is 0.978. The summed E-state index contributed by atoms with van der Waals surface area (Å²) in [5, 5.41) is 4.03. The third-order valence-electron chi connectivity index (χ3n) is 2.10. The van der Waals surface area contributed by atoms with Crippen molar-refractivity contribution in [3.8, 4) is 5.75 Å². The van der Waals surface area contributed by atoms with Gasteiger partial charge in [0, 0.05) is 13.7 Å². The van der Waals surface area contributed by atoms with Crippen molar-refractivity contribution in [1.29, 1.82) is 0 Å². The minimum atomic E-state index is 0.206.